The highest BCUT2D eigenvalue weighted by molar-refractivity contribution is 5.95. The normalized spacial score (nSPS) is 10.7. The van der Waals surface area contributed by atoms with E-state index >= 15 is 0 Å². The fourth-order valence-electron chi connectivity index (χ4n) is 1.92. The first-order valence-corrected chi connectivity index (χ1v) is 6.36. The Bertz CT molecular complexity index is 426. The first-order valence-electron chi connectivity index (χ1n) is 6.36. The van der Waals surface area contributed by atoms with Gasteiger partial charge in [-0.05, 0) is 30.5 Å². The Kier molecular flexibility index (Phi) is 5.01. The highest BCUT2D eigenvalue weighted by Crippen LogP contribution is 2.23. The molecule has 0 heterocycles. The van der Waals surface area contributed by atoms with Crippen molar-refractivity contribution in [2.45, 2.75) is 33.6 Å². The lowest BCUT2D eigenvalue weighted by molar-refractivity contribution is 0.0698. The maximum atomic E-state index is 11.1. The third-order valence-corrected chi connectivity index (χ3v) is 3.37. The van der Waals surface area contributed by atoms with Crippen LogP contribution in [-0.2, 0) is 0 Å². The molecule has 0 spiro atoms. The molecule has 4 heteroatoms. The third-order valence-electron chi connectivity index (χ3n) is 3.37. The van der Waals surface area contributed by atoms with Crippen LogP contribution in [0.15, 0.2) is 12.1 Å². The average molecular weight is 250 g/mol. The molecular formula is C14H22N2O2. The molecule has 0 aliphatic heterocycles. The van der Waals surface area contributed by atoms with Crippen molar-refractivity contribution in [3.63, 3.8) is 0 Å². The first-order chi connectivity index (χ1) is 8.49. The molecule has 0 amide bonds. The van der Waals surface area contributed by atoms with Crippen LogP contribution < -0.4 is 11.1 Å². The summed E-state index contributed by atoms with van der Waals surface area (Å²) in [5.74, 6) is -0.377. The largest absolute Gasteiger partial charge is 0.478 e. The molecule has 0 saturated carbocycles. The zero-order valence-corrected chi connectivity index (χ0v) is 11.3. The van der Waals surface area contributed by atoms with Gasteiger partial charge in [-0.25, -0.2) is 4.79 Å². The predicted octanol–water partition coefficient (Wildman–Crippen LogP) is 3.12. The Hall–Kier alpha value is -1.71. The number of hydrogen-bond acceptors (Lipinski definition) is 3. The molecule has 0 radical (unpaired) electrons. The molecule has 1 aromatic carbocycles. The van der Waals surface area contributed by atoms with Crippen LogP contribution in [0.2, 0.25) is 0 Å². The van der Waals surface area contributed by atoms with Gasteiger partial charge in [-0.2, -0.15) is 0 Å². The van der Waals surface area contributed by atoms with E-state index in [9.17, 15) is 4.79 Å². The van der Waals surface area contributed by atoms with Crippen molar-refractivity contribution >= 4 is 17.3 Å². The fourth-order valence-corrected chi connectivity index (χ4v) is 1.92. The van der Waals surface area contributed by atoms with Crippen molar-refractivity contribution < 1.29 is 9.90 Å². The molecule has 0 aliphatic rings. The smallest absolute Gasteiger partial charge is 0.337 e. The summed E-state index contributed by atoms with van der Waals surface area (Å²) in [4.78, 5) is 11.1. The zero-order valence-electron chi connectivity index (χ0n) is 11.3. The Morgan fingerprint density at radius 2 is 2.00 bits per heavy atom. The van der Waals surface area contributed by atoms with Crippen molar-refractivity contribution in [2.24, 2.45) is 5.92 Å². The fraction of sp³-hybridized carbons (Fsp3) is 0.500. The molecule has 0 unspecified atom stereocenters. The summed E-state index contributed by atoms with van der Waals surface area (Å²) in [6.45, 7) is 7.00. The van der Waals surface area contributed by atoms with Crippen LogP contribution in [0.4, 0.5) is 11.4 Å². The van der Waals surface area contributed by atoms with Gasteiger partial charge in [0.25, 0.3) is 0 Å². The topological polar surface area (TPSA) is 75.3 Å². The average Bonchev–Trinajstić information content (AvgIpc) is 2.34. The number of hydrogen-bond donors (Lipinski definition) is 3. The minimum atomic E-state index is -0.984. The van der Waals surface area contributed by atoms with Gasteiger partial charge in [-0.15, -0.1) is 0 Å². The summed E-state index contributed by atoms with van der Waals surface area (Å²) >= 11 is 0. The van der Waals surface area contributed by atoms with E-state index < -0.39 is 5.97 Å². The van der Waals surface area contributed by atoms with Gasteiger partial charge in [0.05, 0.1) is 5.56 Å². The van der Waals surface area contributed by atoms with Crippen LogP contribution in [0, 0.1) is 12.8 Å². The quantitative estimate of drug-likeness (QED) is 0.678. The first kappa shape index (κ1) is 14.4. The minimum Gasteiger partial charge on any atom is -0.478 e. The van der Waals surface area contributed by atoms with E-state index in [1.807, 2.05) is 13.0 Å². The lowest BCUT2D eigenvalue weighted by Crippen LogP contribution is -2.14. The SMILES string of the molecule is CCC(CC)CNc1cc(C)c(N)c(C(=O)O)c1. The number of benzene rings is 1. The molecule has 0 bridgehead atoms. The van der Waals surface area contributed by atoms with Crippen LogP contribution in [0.25, 0.3) is 0 Å². The van der Waals surface area contributed by atoms with Crippen LogP contribution in [0.3, 0.4) is 0 Å². The van der Waals surface area contributed by atoms with Gasteiger partial charge >= 0.3 is 5.97 Å². The zero-order chi connectivity index (χ0) is 13.7. The second-order valence-electron chi connectivity index (χ2n) is 4.62. The molecule has 1 rings (SSSR count). The Balaban J connectivity index is 2.87. The van der Waals surface area contributed by atoms with E-state index in [-0.39, 0.29) is 5.56 Å². The predicted molar refractivity (Wildman–Crippen MR) is 75.1 cm³/mol. The lowest BCUT2D eigenvalue weighted by atomic mass is 10.0. The van der Waals surface area contributed by atoms with Gasteiger partial charge in [-0.1, -0.05) is 26.7 Å². The summed E-state index contributed by atoms with van der Waals surface area (Å²) in [6.07, 6.45) is 2.23. The molecule has 0 atom stereocenters. The number of rotatable bonds is 6. The highest BCUT2D eigenvalue weighted by atomic mass is 16.4. The van der Waals surface area contributed by atoms with Crippen LogP contribution in [-0.4, -0.2) is 17.6 Å². The summed E-state index contributed by atoms with van der Waals surface area (Å²) < 4.78 is 0. The van der Waals surface area contributed by atoms with Crippen LogP contribution in [0.1, 0.15) is 42.6 Å². The van der Waals surface area contributed by atoms with Gasteiger partial charge in [0.15, 0.2) is 0 Å². The molecule has 0 fully saturated rings. The van der Waals surface area contributed by atoms with Crippen molar-refractivity contribution in [1.82, 2.24) is 0 Å². The molecule has 4 nitrogen and oxygen atoms in total. The van der Waals surface area contributed by atoms with E-state index in [0.717, 1.165) is 30.6 Å². The number of carboxylic acid groups (broad SMARTS) is 1. The lowest BCUT2D eigenvalue weighted by Gasteiger charge is -2.16. The molecule has 0 aromatic heterocycles. The second-order valence-corrected chi connectivity index (χ2v) is 4.62. The molecular weight excluding hydrogens is 228 g/mol. The van der Waals surface area contributed by atoms with Gasteiger partial charge in [0.1, 0.15) is 0 Å². The summed E-state index contributed by atoms with van der Waals surface area (Å²) in [7, 11) is 0. The monoisotopic (exact) mass is 250 g/mol. The summed E-state index contributed by atoms with van der Waals surface area (Å²) in [5, 5.41) is 12.4. The minimum absolute atomic E-state index is 0.169. The van der Waals surface area contributed by atoms with Crippen molar-refractivity contribution in [1.29, 1.82) is 0 Å². The standard InChI is InChI=1S/C14H22N2O2/c1-4-10(5-2)8-16-11-6-9(3)13(15)12(7-11)14(17)18/h6-7,10,16H,4-5,8,15H2,1-3H3,(H,17,18). The Morgan fingerprint density at radius 3 is 2.50 bits per heavy atom. The Labute approximate surface area is 108 Å². The van der Waals surface area contributed by atoms with E-state index in [0.29, 0.717) is 11.6 Å². The molecule has 18 heavy (non-hydrogen) atoms. The number of nitrogen functional groups attached to an aromatic ring is 1. The molecule has 0 aliphatic carbocycles. The van der Waals surface area contributed by atoms with E-state index in [2.05, 4.69) is 19.2 Å². The van der Waals surface area contributed by atoms with Gasteiger partial charge in [-0.3, -0.25) is 0 Å². The van der Waals surface area contributed by atoms with Gasteiger partial charge in [0.2, 0.25) is 0 Å². The van der Waals surface area contributed by atoms with Crippen LogP contribution in [0.5, 0.6) is 0 Å². The number of anilines is 2. The number of carbonyl (C=O) groups is 1. The number of aryl methyl sites for hydroxylation is 1. The molecule has 1 aromatic rings. The number of nitrogens with two attached hydrogens (primary N) is 1. The highest BCUT2D eigenvalue weighted by Gasteiger charge is 2.12. The number of aromatic carboxylic acids is 1. The van der Waals surface area contributed by atoms with E-state index in [4.69, 9.17) is 10.8 Å². The van der Waals surface area contributed by atoms with E-state index in [1.54, 1.807) is 6.07 Å². The van der Waals surface area contributed by atoms with Crippen molar-refractivity contribution in [3.8, 4) is 0 Å². The third kappa shape index (κ3) is 3.39. The second kappa shape index (κ2) is 6.28. The maximum absolute atomic E-state index is 11.1. The van der Waals surface area contributed by atoms with Crippen LogP contribution >= 0.6 is 0 Å². The summed E-state index contributed by atoms with van der Waals surface area (Å²) in [6, 6.07) is 3.50. The molecule has 0 saturated heterocycles. The van der Waals surface area contributed by atoms with Crippen molar-refractivity contribution in [2.75, 3.05) is 17.6 Å². The number of nitrogens with one attached hydrogen (secondary N) is 1. The van der Waals surface area contributed by atoms with Gasteiger partial charge < -0.3 is 16.2 Å². The van der Waals surface area contributed by atoms with Crippen molar-refractivity contribution in [3.05, 3.63) is 23.3 Å². The maximum Gasteiger partial charge on any atom is 0.337 e. The van der Waals surface area contributed by atoms with Gasteiger partial charge in [0, 0.05) is 17.9 Å². The number of carboxylic acids is 1. The van der Waals surface area contributed by atoms with E-state index in [1.165, 1.54) is 0 Å². The summed E-state index contributed by atoms with van der Waals surface area (Å²) in [5.41, 5.74) is 7.88. The Morgan fingerprint density at radius 1 is 1.39 bits per heavy atom. The molecule has 4 N–H and O–H groups in total. The molecule has 100 valence electrons.